The van der Waals surface area contributed by atoms with E-state index in [2.05, 4.69) is 0 Å². The molecular formula is C22H16N2O10. The third-order valence-electron chi connectivity index (χ3n) is 4.10. The van der Waals surface area contributed by atoms with Crippen molar-refractivity contribution in [2.45, 2.75) is 0 Å². The quantitative estimate of drug-likeness (QED) is 0.187. The molecule has 0 N–H and O–H groups in total. The molecule has 0 bridgehead atoms. The third kappa shape index (κ3) is 7.02. The summed E-state index contributed by atoms with van der Waals surface area (Å²) in [5.74, 6) is -0.457. The fourth-order valence-corrected chi connectivity index (χ4v) is 2.51. The van der Waals surface area contributed by atoms with Crippen LogP contribution in [0.25, 0.3) is 0 Å². The van der Waals surface area contributed by atoms with Gasteiger partial charge in [-0.3, -0.25) is 20.2 Å². The molecule has 0 saturated carbocycles. The Morgan fingerprint density at radius 3 is 1.15 bits per heavy atom. The lowest BCUT2D eigenvalue weighted by molar-refractivity contribution is -0.385. The van der Waals surface area contributed by atoms with Gasteiger partial charge < -0.3 is 18.9 Å². The number of nitro benzene ring substituents is 2. The molecule has 12 heteroatoms. The number of nitro groups is 2. The second kappa shape index (κ2) is 11.0. The molecule has 3 rings (SSSR count). The minimum absolute atomic E-state index is 0.127. The van der Waals surface area contributed by atoms with E-state index in [0.717, 1.165) is 0 Å². The first-order valence-electron chi connectivity index (χ1n) is 9.56. The highest BCUT2D eigenvalue weighted by atomic mass is 16.6. The second-order valence-corrected chi connectivity index (χ2v) is 6.50. The van der Waals surface area contributed by atoms with Crippen LogP contribution in [0.15, 0.2) is 72.8 Å². The van der Waals surface area contributed by atoms with Gasteiger partial charge in [-0.15, -0.1) is 0 Å². The molecule has 0 fully saturated rings. The summed E-state index contributed by atoms with van der Waals surface area (Å²) in [6.07, 6.45) is 0. The van der Waals surface area contributed by atoms with Gasteiger partial charge in [0, 0.05) is 24.3 Å². The van der Waals surface area contributed by atoms with Gasteiger partial charge in [0.2, 0.25) is 0 Å². The van der Waals surface area contributed by atoms with E-state index in [9.17, 15) is 29.8 Å². The number of esters is 2. The SMILES string of the molecule is O=C(COc1ccc(OCC(=O)Oc2ccc([N+](=O)[O-])cc2)cc1)Oc1ccc([N+](=O)[O-])cc1. The number of ether oxygens (including phenoxy) is 4. The van der Waals surface area contributed by atoms with Crippen LogP contribution < -0.4 is 18.9 Å². The minimum atomic E-state index is -0.705. The highest BCUT2D eigenvalue weighted by Gasteiger charge is 2.11. The average Bonchev–Trinajstić information content (AvgIpc) is 2.83. The van der Waals surface area contributed by atoms with Crippen molar-refractivity contribution in [2.24, 2.45) is 0 Å². The minimum Gasteiger partial charge on any atom is -0.482 e. The lowest BCUT2D eigenvalue weighted by Crippen LogP contribution is -2.18. The molecule has 0 aromatic heterocycles. The summed E-state index contributed by atoms with van der Waals surface area (Å²) in [7, 11) is 0. The summed E-state index contributed by atoms with van der Waals surface area (Å²) < 4.78 is 20.7. The van der Waals surface area contributed by atoms with Crippen LogP contribution in [-0.4, -0.2) is 35.0 Å². The van der Waals surface area contributed by atoms with Gasteiger partial charge in [-0.05, 0) is 48.5 Å². The van der Waals surface area contributed by atoms with Gasteiger partial charge in [-0.1, -0.05) is 0 Å². The van der Waals surface area contributed by atoms with Crippen LogP contribution >= 0.6 is 0 Å². The number of benzene rings is 3. The molecule has 0 aliphatic rings. The Bertz CT molecular complexity index is 1080. The Labute approximate surface area is 191 Å². The van der Waals surface area contributed by atoms with E-state index >= 15 is 0 Å². The highest BCUT2D eigenvalue weighted by Crippen LogP contribution is 2.20. The Kier molecular flexibility index (Phi) is 7.68. The molecule has 0 amide bonds. The zero-order valence-corrected chi connectivity index (χ0v) is 17.3. The van der Waals surface area contributed by atoms with Crippen LogP contribution in [0.2, 0.25) is 0 Å². The van der Waals surface area contributed by atoms with Gasteiger partial charge in [0.1, 0.15) is 23.0 Å². The van der Waals surface area contributed by atoms with Crippen LogP contribution in [0, 0.1) is 20.2 Å². The van der Waals surface area contributed by atoms with E-state index in [4.69, 9.17) is 18.9 Å². The normalized spacial score (nSPS) is 10.1. The lowest BCUT2D eigenvalue weighted by Gasteiger charge is -2.09. The van der Waals surface area contributed by atoms with Gasteiger partial charge in [0.15, 0.2) is 13.2 Å². The molecule has 0 aliphatic heterocycles. The van der Waals surface area contributed by atoms with E-state index in [-0.39, 0.29) is 22.9 Å². The lowest BCUT2D eigenvalue weighted by atomic mass is 10.3. The number of hydrogen-bond donors (Lipinski definition) is 0. The zero-order chi connectivity index (χ0) is 24.5. The summed E-state index contributed by atoms with van der Waals surface area (Å²) in [4.78, 5) is 43.8. The van der Waals surface area contributed by atoms with Crippen LogP contribution in [0.3, 0.4) is 0 Å². The Hall–Kier alpha value is -5.00. The van der Waals surface area contributed by atoms with Crippen molar-refractivity contribution in [2.75, 3.05) is 13.2 Å². The molecule has 174 valence electrons. The molecule has 0 saturated heterocycles. The van der Waals surface area contributed by atoms with E-state index in [1.807, 2.05) is 0 Å². The van der Waals surface area contributed by atoms with Gasteiger partial charge >= 0.3 is 11.9 Å². The second-order valence-electron chi connectivity index (χ2n) is 6.50. The first-order valence-corrected chi connectivity index (χ1v) is 9.56. The molecule has 3 aromatic rings. The molecule has 12 nitrogen and oxygen atoms in total. The summed E-state index contributed by atoms with van der Waals surface area (Å²) >= 11 is 0. The van der Waals surface area contributed by atoms with Crippen LogP contribution in [0.5, 0.6) is 23.0 Å². The molecule has 0 heterocycles. The molecule has 0 radical (unpaired) electrons. The number of carbonyl (C=O) groups excluding carboxylic acids is 2. The molecule has 0 spiro atoms. The molecule has 0 unspecified atom stereocenters. The van der Waals surface area contributed by atoms with Crippen molar-refractivity contribution in [3.63, 3.8) is 0 Å². The maximum absolute atomic E-state index is 11.9. The van der Waals surface area contributed by atoms with Crippen molar-refractivity contribution in [1.29, 1.82) is 0 Å². The van der Waals surface area contributed by atoms with Crippen LogP contribution in [-0.2, 0) is 9.59 Å². The first-order chi connectivity index (χ1) is 16.3. The standard InChI is InChI=1S/C22H16N2O10/c25-21(33-19-5-1-15(2-6-19)23(27)28)13-31-17-9-11-18(12-10-17)32-14-22(26)34-20-7-3-16(4-8-20)24(29)30/h1-12H,13-14H2. The Morgan fingerprint density at radius 1 is 0.559 bits per heavy atom. The summed E-state index contributed by atoms with van der Waals surface area (Å²) in [6.45, 7) is -0.808. The number of hydrogen-bond acceptors (Lipinski definition) is 10. The molecule has 3 aromatic carbocycles. The fraction of sp³-hybridized carbons (Fsp3) is 0.0909. The van der Waals surface area contributed by atoms with Crippen LogP contribution in [0.4, 0.5) is 11.4 Å². The third-order valence-corrected chi connectivity index (χ3v) is 4.10. The summed E-state index contributed by atoms with van der Waals surface area (Å²) in [5, 5.41) is 21.2. The van der Waals surface area contributed by atoms with Crippen LogP contribution in [0.1, 0.15) is 0 Å². The molecule has 0 aliphatic carbocycles. The smallest absolute Gasteiger partial charge is 0.349 e. The monoisotopic (exact) mass is 468 g/mol. The number of carbonyl (C=O) groups is 2. The van der Waals surface area contributed by atoms with Gasteiger partial charge in [0.25, 0.3) is 11.4 Å². The Balaban J connectivity index is 1.41. The summed E-state index contributed by atoms with van der Waals surface area (Å²) in [6, 6.07) is 16.1. The van der Waals surface area contributed by atoms with E-state index in [1.54, 1.807) is 0 Å². The topological polar surface area (TPSA) is 157 Å². The fourth-order valence-electron chi connectivity index (χ4n) is 2.51. The molecular weight excluding hydrogens is 452 g/mol. The predicted octanol–water partition coefficient (Wildman–Crippen LogP) is 3.47. The summed E-state index contributed by atoms with van der Waals surface area (Å²) in [5.41, 5.74) is -0.254. The first kappa shape index (κ1) is 23.7. The predicted molar refractivity (Wildman–Crippen MR) is 115 cm³/mol. The van der Waals surface area contributed by atoms with Gasteiger partial charge in [-0.2, -0.15) is 0 Å². The largest absolute Gasteiger partial charge is 0.482 e. The maximum atomic E-state index is 11.9. The van der Waals surface area contributed by atoms with Crippen molar-refractivity contribution in [3.05, 3.63) is 93.0 Å². The zero-order valence-electron chi connectivity index (χ0n) is 17.3. The van der Waals surface area contributed by atoms with Crippen molar-refractivity contribution >= 4 is 23.3 Å². The molecule has 0 atom stereocenters. The number of non-ortho nitro benzene ring substituents is 2. The van der Waals surface area contributed by atoms with Crippen molar-refractivity contribution in [1.82, 2.24) is 0 Å². The van der Waals surface area contributed by atoms with E-state index in [1.165, 1.54) is 72.8 Å². The van der Waals surface area contributed by atoms with Gasteiger partial charge in [0.05, 0.1) is 9.85 Å². The number of rotatable bonds is 10. The van der Waals surface area contributed by atoms with E-state index in [0.29, 0.717) is 11.5 Å². The van der Waals surface area contributed by atoms with Crippen molar-refractivity contribution < 1.29 is 38.4 Å². The van der Waals surface area contributed by atoms with E-state index < -0.39 is 35.0 Å². The Morgan fingerprint density at radius 2 is 0.853 bits per heavy atom. The average molecular weight is 468 g/mol. The highest BCUT2D eigenvalue weighted by molar-refractivity contribution is 5.74. The van der Waals surface area contributed by atoms with Crippen molar-refractivity contribution in [3.8, 4) is 23.0 Å². The number of nitrogens with zero attached hydrogens (tertiary/aromatic N) is 2. The van der Waals surface area contributed by atoms with Gasteiger partial charge in [-0.25, -0.2) is 9.59 Å². The maximum Gasteiger partial charge on any atom is 0.349 e. The molecule has 34 heavy (non-hydrogen) atoms.